The van der Waals surface area contributed by atoms with E-state index in [1.54, 1.807) is 11.9 Å². The summed E-state index contributed by atoms with van der Waals surface area (Å²) in [4.78, 5) is 29.0. The molecule has 2 aliphatic heterocycles. The average molecular weight is 325 g/mol. The molecule has 0 unspecified atom stereocenters. The van der Waals surface area contributed by atoms with E-state index in [1.165, 1.54) is 11.1 Å². The zero-order valence-corrected chi connectivity index (χ0v) is 14.6. The fraction of sp³-hybridized carbons (Fsp3) is 0.474. The Morgan fingerprint density at radius 3 is 2.38 bits per heavy atom. The Bertz CT molecular complexity index is 792. The molecular formula is C19H23N3O2. The van der Waals surface area contributed by atoms with Crippen molar-refractivity contribution in [3.8, 4) is 0 Å². The van der Waals surface area contributed by atoms with Crippen LogP contribution in [0.2, 0.25) is 0 Å². The number of nitrogens with one attached hydrogen (secondary N) is 1. The van der Waals surface area contributed by atoms with Crippen LogP contribution in [0.15, 0.2) is 23.4 Å². The van der Waals surface area contributed by atoms with Crippen molar-refractivity contribution in [1.29, 1.82) is 0 Å². The number of likely N-dealkylation sites (N-methyl/N-ethyl adjacent to an activating group) is 1. The summed E-state index contributed by atoms with van der Waals surface area (Å²) in [6.07, 6.45) is 2.15. The van der Waals surface area contributed by atoms with Crippen LogP contribution in [0.3, 0.4) is 0 Å². The highest BCUT2D eigenvalue weighted by atomic mass is 16.2. The predicted molar refractivity (Wildman–Crippen MR) is 91.4 cm³/mol. The van der Waals surface area contributed by atoms with Gasteiger partial charge in [0.25, 0.3) is 5.91 Å². The molecule has 5 nitrogen and oxygen atoms in total. The number of benzene rings is 1. The van der Waals surface area contributed by atoms with Gasteiger partial charge in [-0.05, 0) is 55.9 Å². The van der Waals surface area contributed by atoms with Gasteiger partial charge in [-0.1, -0.05) is 12.1 Å². The van der Waals surface area contributed by atoms with E-state index in [4.69, 9.17) is 0 Å². The number of hydrogen-bond acceptors (Lipinski definition) is 2. The zero-order valence-electron chi connectivity index (χ0n) is 14.6. The van der Waals surface area contributed by atoms with Crippen LogP contribution < -0.4 is 5.32 Å². The SMILES string of the molecule is Cc1cc(C)c([C@H]2NC(=O)N(C)C3=C2C(=O)N(C2CC2)C3)cc1C. The van der Waals surface area contributed by atoms with E-state index in [1.807, 2.05) is 11.8 Å². The zero-order chi connectivity index (χ0) is 17.2. The van der Waals surface area contributed by atoms with Crippen molar-refractivity contribution in [1.82, 2.24) is 15.1 Å². The Kier molecular flexibility index (Phi) is 3.24. The van der Waals surface area contributed by atoms with Gasteiger partial charge in [0.1, 0.15) is 0 Å². The molecule has 0 bridgehead atoms. The van der Waals surface area contributed by atoms with E-state index in [-0.39, 0.29) is 18.0 Å². The van der Waals surface area contributed by atoms with Gasteiger partial charge in [-0.3, -0.25) is 9.69 Å². The molecule has 0 saturated heterocycles. The molecule has 1 aliphatic carbocycles. The summed E-state index contributed by atoms with van der Waals surface area (Å²) >= 11 is 0. The van der Waals surface area contributed by atoms with Crippen molar-refractivity contribution < 1.29 is 9.59 Å². The van der Waals surface area contributed by atoms with Gasteiger partial charge in [-0.15, -0.1) is 0 Å². The number of amides is 3. The first-order chi connectivity index (χ1) is 11.4. The van der Waals surface area contributed by atoms with Gasteiger partial charge < -0.3 is 10.2 Å². The van der Waals surface area contributed by atoms with Crippen LogP contribution in [0.4, 0.5) is 4.79 Å². The highest BCUT2D eigenvalue weighted by Gasteiger charge is 2.47. The molecule has 1 aromatic rings. The monoisotopic (exact) mass is 325 g/mol. The van der Waals surface area contributed by atoms with Gasteiger partial charge in [0.2, 0.25) is 0 Å². The second-order valence-electron chi connectivity index (χ2n) is 7.26. The van der Waals surface area contributed by atoms with E-state index in [0.29, 0.717) is 12.6 Å². The lowest BCUT2D eigenvalue weighted by Gasteiger charge is -2.32. The van der Waals surface area contributed by atoms with Crippen molar-refractivity contribution in [3.63, 3.8) is 0 Å². The molecule has 0 spiro atoms. The molecule has 0 radical (unpaired) electrons. The molecule has 4 rings (SSSR count). The van der Waals surface area contributed by atoms with Crippen LogP contribution in [0.5, 0.6) is 0 Å². The summed E-state index contributed by atoms with van der Waals surface area (Å²) in [5.41, 5.74) is 6.14. The van der Waals surface area contributed by atoms with Crippen molar-refractivity contribution >= 4 is 11.9 Å². The molecule has 1 N–H and O–H groups in total. The van der Waals surface area contributed by atoms with E-state index in [9.17, 15) is 9.59 Å². The summed E-state index contributed by atoms with van der Waals surface area (Å²) in [6.45, 7) is 6.75. The van der Waals surface area contributed by atoms with E-state index in [0.717, 1.165) is 35.2 Å². The third-order valence-electron chi connectivity index (χ3n) is 5.57. The molecule has 0 aromatic heterocycles. The summed E-state index contributed by atoms with van der Waals surface area (Å²) in [5.74, 6) is 0.0852. The van der Waals surface area contributed by atoms with E-state index >= 15 is 0 Å². The number of urea groups is 1. The maximum atomic E-state index is 13.0. The van der Waals surface area contributed by atoms with Gasteiger partial charge in [0.05, 0.1) is 23.9 Å². The minimum Gasteiger partial charge on any atom is -0.330 e. The molecular weight excluding hydrogens is 302 g/mol. The topological polar surface area (TPSA) is 52.7 Å². The molecule has 1 aromatic carbocycles. The van der Waals surface area contributed by atoms with E-state index < -0.39 is 0 Å². The highest BCUT2D eigenvalue weighted by molar-refractivity contribution is 6.01. The maximum Gasteiger partial charge on any atom is 0.322 e. The van der Waals surface area contributed by atoms with Crippen LogP contribution in [-0.4, -0.2) is 41.4 Å². The lowest BCUT2D eigenvalue weighted by Crippen LogP contribution is -2.45. The standard InChI is InChI=1S/C19H23N3O2/c1-10-7-12(3)14(8-11(10)2)17-16-15(21(4)19(24)20-17)9-22(18(16)23)13-5-6-13/h7-8,13,17H,5-6,9H2,1-4H3,(H,20,24)/t17-/m1/s1. The van der Waals surface area contributed by atoms with Crippen LogP contribution in [0.1, 0.15) is 41.1 Å². The Hall–Kier alpha value is -2.30. The number of carbonyl (C=O) groups excluding carboxylic acids is 2. The van der Waals surface area contributed by atoms with Gasteiger partial charge >= 0.3 is 6.03 Å². The summed E-state index contributed by atoms with van der Waals surface area (Å²) in [6, 6.07) is 4.11. The number of rotatable bonds is 2. The third-order valence-corrected chi connectivity index (χ3v) is 5.57. The number of nitrogens with zero attached hydrogens (tertiary/aromatic N) is 2. The second kappa shape index (κ2) is 5.10. The fourth-order valence-corrected chi connectivity index (χ4v) is 3.80. The highest BCUT2D eigenvalue weighted by Crippen LogP contribution is 2.41. The fourth-order valence-electron chi connectivity index (χ4n) is 3.80. The normalized spacial score (nSPS) is 23.8. The maximum absolute atomic E-state index is 13.0. The first-order valence-corrected chi connectivity index (χ1v) is 8.54. The predicted octanol–water partition coefficient (Wildman–Crippen LogP) is 2.57. The summed E-state index contributed by atoms with van der Waals surface area (Å²) < 4.78 is 0. The van der Waals surface area contributed by atoms with Gasteiger partial charge in [0.15, 0.2) is 0 Å². The largest absolute Gasteiger partial charge is 0.330 e. The molecule has 24 heavy (non-hydrogen) atoms. The summed E-state index contributed by atoms with van der Waals surface area (Å²) in [7, 11) is 1.75. The first kappa shape index (κ1) is 15.2. The van der Waals surface area contributed by atoms with Crippen LogP contribution in [-0.2, 0) is 4.79 Å². The van der Waals surface area contributed by atoms with E-state index in [2.05, 4.69) is 31.3 Å². The molecule has 1 atom stereocenters. The minimum atomic E-state index is -0.348. The molecule has 2 heterocycles. The lowest BCUT2D eigenvalue weighted by molar-refractivity contribution is -0.126. The number of hydrogen-bond donors (Lipinski definition) is 1. The lowest BCUT2D eigenvalue weighted by atomic mass is 9.90. The van der Waals surface area contributed by atoms with Crippen molar-refractivity contribution in [2.45, 2.75) is 45.7 Å². The quantitative estimate of drug-likeness (QED) is 0.908. The number of aryl methyl sites for hydroxylation is 3. The second-order valence-corrected chi connectivity index (χ2v) is 7.26. The van der Waals surface area contributed by atoms with Crippen LogP contribution >= 0.6 is 0 Å². The van der Waals surface area contributed by atoms with Crippen molar-refractivity contribution in [2.75, 3.05) is 13.6 Å². The van der Waals surface area contributed by atoms with Crippen molar-refractivity contribution in [3.05, 3.63) is 45.7 Å². The van der Waals surface area contributed by atoms with Crippen LogP contribution in [0.25, 0.3) is 0 Å². The Morgan fingerprint density at radius 1 is 1.04 bits per heavy atom. The minimum absolute atomic E-state index is 0.0852. The summed E-state index contributed by atoms with van der Waals surface area (Å²) in [5, 5.41) is 3.03. The molecule has 3 aliphatic rings. The molecule has 3 amide bonds. The Balaban J connectivity index is 1.82. The molecule has 126 valence electrons. The molecule has 1 fully saturated rings. The van der Waals surface area contributed by atoms with Gasteiger partial charge in [0, 0.05) is 13.1 Å². The van der Waals surface area contributed by atoms with Gasteiger partial charge in [-0.25, -0.2) is 4.79 Å². The number of carbonyl (C=O) groups is 2. The Morgan fingerprint density at radius 2 is 1.71 bits per heavy atom. The molecule has 1 saturated carbocycles. The first-order valence-electron chi connectivity index (χ1n) is 8.54. The van der Waals surface area contributed by atoms with Crippen molar-refractivity contribution in [2.24, 2.45) is 0 Å². The Labute approximate surface area is 142 Å². The average Bonchev–Trinajstić information content (AvgIpc) is 3.31. The molecule has 5 heteroatoms. The third kappa shape index (κ3) is 2.14. The van der Waals surface area contributed by atoms with Gasteiger partial charge in [-0.2, -0.15) is 0 Å². The van der Waals surface area contributed by atoms with Crippen LogP contribution in [0, 0.1) is 20.8 Å². The smallest absolute Gasteiger partial charge is 0.322 e.